The van der Waals surface area contributed by atoms with Crippen LogP contribution in [0.3, 0.4) is 0 Å². The maximum absolute atomic E-state index is 12.2. The summed E-state index contributed by atoms with van der Waals surface area (Å²) in [5, 5.41) is 5.34. The molecule has 2 N–H and O–H groups in total. The molecule has 1 amide bonds. The van der Waals surface area contributed by atoms with Gasteiger partial charge in [0, 0.05) is 24.7 Å². The van der Waals surface area contributed by atoms with E-state index in [9.17, 15) is 13.6 Å². The van der Waals surface area contributed by atoms with Gasteiger partial charge in [-0.15, -0.1) is 0 Å². The van der Waals surface area contributed by atoms with Gasteiger partial charge in [-0.3, -0.25) is 4.79 Å². The van der Waals surface area contributed by atoms with Gasteiger partial charge in [-0.1, -0.05) is 24.3 Å². The molecule has 1 heterocycles. The first-order chi connectivity index (χ1) is 11.4. The van der Waals surface area contributed by atoms with Crippen LogP contribution in [0, 0.1) is 0 Å². The van der Waals surface area contributed by atoms with Crippen LogP contribution in [0.25, 0.3) is 11.3 Å². The van der Waals surface area contributed by atoms with Crippen molar-refractivity contribution in [1.82, 2.24) is 15.3 Å². The van der Waals surface area contributed by atoms with Crippen LogP contribution in [-0.2, 0) is 11.2 Å². The minimum absolute atomic E-state index is 0.0519. The first-order valence-corrected chi connectivity index (χ1v) is 7.65. The Kier molecular flexibility index (Phi) is 6.17. The van der Waals surface area contributed by atoms with Gasteiger partial charge in [0.25, 0.3) is 6.43 Å². The minimum atomic E-state index is -2.46. The standard InChI is InChI=1S/C17H20F2N4O/c1-11(22-12(2)24)9-13-3-5-14(6-4-13)15-7-8-20-17(23-15)21-10-16(18)19/h3-8,11,16H,9-10H2,1-2H3,(H,22,24)(H,20,21,23). The van der Waals surface area contributed by atoms with Crippen molar-refractivity contribution in [3.63, 3.8) is 0 Å². The Labute approximate surface area is 139 Å². The number of carbonyl (C=O) groups excluding carboxylic acids is 1. The largest absolute Gasteiger partial charge is 0.354 e. The average Bonchev–Trinajstić information content (AvgIpc) is 2.53. The fourth-order valence-electron chi connectivity index (χ4n) is 2.34. The highest BCUT2D eigenvalue weighted by Crippen LogP contribution is 2.19. The van der Waals surface area contributed by atoms with Gasteiger partial charge in [0.05, 0.1) is 12.2 Å². The summed E-state index contributed by atoms with van der Waals surface area (Å²) in [4.78, 5) is 19.2. The molecule has 0 saturated carbocycles. The van der Waals surface area contributed by atoms with E-state index >= 15 is 0 Å². The molecule has 0 aliphatic carbocycles. The molecular weight excluding hydrogens is 314 g/mol. The second-order valence-electron chi connectivity index (χ2n) is 5.54. The Morgan fingerprint density at radius 3 is 2.54 bits per heavy atom. The molecule has 0 saturated heterocycles. The summed E-state index contributed by atoms with van der Waals surface area (Å²) in [5.74, 6) is 0.125. The number of rotatable bonds is 7. The number of alkyl halides is 2. The summed E-state index contributed by atoms with van der Waals surface area (Å²) in [6.07, 6.45) is -0.199. The van der Waals surface area contributed by atoms with Crippen molar-refractivity contribution in [3.8, 4) is 11.3 Å². The quantitative estimate of drug-likeness (QED) is 0.817. The Morgan fingerprint density at radius 2 is 1.92 bits per heavy atom. The zero-order valence-corrected chi connectivity index (χ0v) is 13.6. The molecule has 2 aromatic rings. The van der Waals surface area contributed by atoms with Crippen molar-refractivity contribution in [1.29, 1.82) is 0 Å². The molecule has 0 fully saturated rings. The van der Waals surface area contributed by atoms with Gasteiger partial charge in [0.1, 0.15) is 0 Å². The minimum Gasteiger partial charge on any atom is -0.354 e. The molecule has 1 unspecified atom stereocenters. The van der Waals surface area contributed by atoms with Crippen LogP contribution in [0.2, 0.25) is 0 Å². The number of anilines is 1. The summed E-state index contributed by atoms with van der Waals surface area (Å²) in [6, 6.07) is 9.52. The molecule has 0 aliphatic heterocycles. The molecule has 0 aliphatic rings. The van der Waals surface area contributed by atoms with Crippen molar-refractivity contribution in [2.75, 3.05) is 11.9 Å². The Hall–Kier alpha value is -2.57. The Balaban J connectivity index is 2.05. The number of amides is 1. The first-order valence-electron chi connectivity index (χ1n) is 7.65. The average molecular weight is 334 g/mol. The topological polar surface area (TPSA) is 66.9 Å². The van der Waals surface area contributed by atoms with Crippen LogP contribution in [-0.4, -0.2) is 34.9 Å². The summed E-state index contributed by atoms with van der Waals surface area (Å²) < 4.78 is 24.5. The van der Waals surface area contributed by atoms with Gasteiger partial charge >= 0.3 is 0 Å². The van der Waals surface area contributed by atoms with Crippen LogP contribution in [0.5, 0.6) is 0 Å². The molecule has 1 aromatic carbocycles. The Bertz CT molecular complexity index is 677. The molecule has 1 aromatic heterocycles. The lowest BCUT2D eigenvalue weighted by Gasteiger charge is -2.12. The molecule has 1 atom stereocenters. The molecule has 0 spiro atoms. The molecule has 128 valence electrons. The van der Waals surface area contributed by atoms with E-state index in [2.05, 4.69) is 20.6 Å². The molecule has 0 radical (unpaired) electrons. The number of benzene rings is 1. The lowest BCUT2D eigenvalue weighted by Crippen LogP contribution is -2.31. The zero-order chi connectivity index (χ0) is 17.5. The molecule has 2 rings (SSSR count). The third-order valence-corrected chi connectivity index (χ3v) is 3.31. The summed E-state index contributed by atoms with van der Waals surface area (Å²) in [5.41, 5.74) is 2.61. The highest BCUT2D eigenvalue weighted by atomic mass is 19.3. The summed E-state index contributed by atoms with van der Waals surface area (Å²) in [6.45, 7) is 2.96. The predicted octanol–water partition coefficient (Wildman–Crippen LogP) is 2.89. The normalized spacial score (nSPS) is 12.0. The molecule has 7 heteroatoms. The summed E-state index contributed by atoms with van der Waals surface area (Å²) in [7, 11) is 0. The van der Waals surface area contributed by atoms with Gasteiger partial charge in [-0.05, 0) is 25.0 Å². The number of aromatic nitrogens is 2. The second kappa shape index (κ2) is 8.33. The molecular formula is C17H20F2N4O. The van der Waals surface area contributed by atoms with Crippen molar-refractivity contribution in [3.05, 3.63) is 42.1 Å². The van der Waals surface area contributed by atoms with E-state index in [0.29, 0.717) is 5.69 Å². The molecule has 0 bridgehead atoms. The van der Waals surface area contributed by atoms with Gasteiger partial charge in [-0.25, -0.2) is 18.7 Å². The monoisotopic (exact) mass is 334 g/mol. The number of carbonyl (C=O) groups is 1. The van der Waals surface area contributed by atoms with Crippen LogP contribution < -0.4 is 10.6 Å². The predicted molar refractivity (Wildman–Crippen MR) is 88.9 cm³/mol. The number of halogens is 2. The van der Waals surface area contributed by atoms with Crippen LogP contribution >= 0.6 is 0 Å². The number of nitrogens with zero attached hydrogens (tertiary/aromatic N) is 2. The SMILES string of the molecule is CC(=O)NC(C)Cc1ccc(-c2ccnc(NCC(F)F)n2)cc1. The fourth-order valence-corrected chi connectivity index (χ4v) is 2.34. The van der Waals surface area contributed by atoms with E-state index in [1.807, 2.05) is 31.2 Å². The molecule has 5 nitrogen and oxygen atoms in total. The van der Waals surface area contributed by atoms with Gasteiger partial charge in [0.15, 0.2) is 0 Å². The van der Waals surface area contributed by atoms with Crippen molar-refractivity contribution >= 4 is 11.9 Å². The fraction of sp³-hybridized carbons (Fsp3) is 0.353. The van der Waals surface area contributed by atoms with E-state index in [0.717, 1.165) is 17.5 Å². The highest BCUT2D eigenvalue weighted by Gasteiger charge is 2.07. The number of hydrogen-bond donors (Lipinski definition) is 2. The van der Waals surface area contributed by atoms with Crippen LogP contribution in [0.4, 0.5) is 14.7 Å². The highest BCUT2D eigenvalue weighted by molar-refractivity contribution is 5.73. The van der Waals surface area contributed by atoms with E-state index in [-0.39, 0.29) is 17.9 Å². The Morgan fingerprint density at radius 1 is 1.21 bits per heavy atom. The number of hydrogen-bond acceptors (Lipinski definition) is 4. The van der Waals surface area contributed by atoms with Crippen LogP contribution in [0.1, 0.15) is 19.4 Å². The van der Waals surface area contributed by atoms with Crippen molar-refractivity contribution < 1.29 is 13.6 Å². The first kappa shape index (κ1) is 17.8. The van der Waals surface area contributed by atoms with E-state index in [4.69, 9.17) is 0 Å². The van der Waals surface area contributed by atoms with Crippen molar-refractivity contribution in [2.45, 2.75) is 32.7 Å². The van der Waals surface area contributed by atoms with Gasteiger partial charge < -0.3 is 10.6 Å². The third kappa shape index (κ3) is 5.57. The van der Waals surface area contributed by atoms with Gasteiger partial charge in [-0.2, -0.15) is 0 Å². The van der Waals surface area contributed by atoms with Gasteiger partial charge in [0.2, 0.25) is 11.9 Å². The van der Waals surface area contributed by atoms with E-state index < -0.39 is 13.0 Å². The summed E-state index contributed by atoms with van der Waals surface area (Å²) >= 11 is 0. The lowest BCUT2D eigenvalue weighted by molar-refractivity contribution is -0.119. The van der Waals surface area contributed by atoms with E-state index in [1.54, 1.807) is 6.07 Å². The second-order valence-corrected chi connectivity index (χ2v) is 5.54. The maximum atomic E-state index is 12.2. The maximum Gasteiger partial charge on any atom is 0.255 e. The third-order valence-electron chi connectivity index (χ3n) is 3.31. The molecule has 24 heavy (non-hydrogen) atoms. The van der Waals surface area contributed by atoms with Crippen molar-refractivity contribution in [2.24, 2.45) is 0 Å². The van der Waals surface area contributed by atoms with Crippen LogP contribution in [0.15, 0.2) is 36.5 Å². The number of nitrogens with one attached hydrogen (secondary N) is 2. The zero-order valence-electron chi connectivity index (χ0n) is 13.6. The lowest BCUT2D eigenvalue weighted by atomic mass is 10.0. The van der Waals surface area contributed by atoms with E-state index in [1.165, 1.54) is 13.1 Å². The smallest absolute Gasteiger partial charge is 0.255 e.